The van der Waals surface area contributed by atoms with Crippen molar-refractivity contribution in [2.45, 2.75) is 20.8 Å². The monoisotopic (exact) mass is 334 g/mol. The van der Waals surface area contributed by atoms with Crippen molar-refractivity contribution in [1.29, 1.82) is 0 Å². The fraction of sp³-hybridized carbons (Fsp3) is 0.412. The molecule has 0 aliphatic heterocycles. The third-order valence-corrected chi connectivity index (χ3v) is 3.75. The Morgan fingerprint density at radius 1 is 1.22 bits per heavy atom. The number of nitrogens with zero attached hydrogens (tertiary/aromatic N) is 3. The van der Waals surface area contributed by atoms with Crippen LogP contribution < -0.4 is 15.0 Å². The summed E-state index contributed by atoms with van der Waals surface area (Å²) in [6, 6.07) is 7.75. The van der Waals surface area contributed by atoms with Crippen LogP contribution in [-0.4, -0.2) is 30.7 Å². The summed E-state index contributed by atoms with van der Waals surface area (Å²) in [7, 11) is 3.58. The van der Waals surface area contributed by atoms with Gasteiger partial charge >= 0.3 is 0 Å². The molecule has 0 saturated carbocycles. The second kappa shape index (κ2) is 7.51. The molecule has 0 fully saturated rings. The molecule has 0 radical (unpaired) electrons. The highest BCUT2D eigenvalue weighted by Gasteiger charge is 2.16. The predicted octanol–water partition coefficient (Wildman–Crippen LogP) is 4.28. The lowest BCUT2D eigenvalue weighted by atomic mass is 10.2. The summed E-state index contributed by atoms with van der Waals surface area (Å²) in [6.07, 6.45) is 0. The van der Waals surface area contributed by atoms with Crippen molar-refractivity contribution in [3.05, 3.63) is 35.1 Å². The maximum atomic E-state index is 6.51. The van der Waals surface area contributed by atoms with Gasteiger partial charge in [-0.15, -0.1) is 0 Å². The molecule has 0 saturated heterocycles. The maximum absolute atomic E-state index is 6.51. The molecule has 1 heterocycles. The Morgan fingerprint density at radius 2 is 1.87 bits per heavy atom. The lowest BCUT2D eigenvalue weighted by molar-refractivity contribution is 0.415. The second-order valence-corrected chi connectivity index (χ2v) is 6.17. The number of benzene rings is 1. The lowest BCUT2D eigenvalue weighted by Crippen LogP contribution is -2.16. The first-order valence-electron chi connectivity index (χ1n) is 7.58. The van der Waals surface area contributed by atoms with Gasteiger partial charge in [-0.2, -0.15) is 0 Å². The fourth-order valence-electron chi connectivity index (χ4n) is 2.11. The van der Waals surface area contributed by atoms with E-state index in [1.807, 2.05) is 43.1 Å². The molecule has 23 heavy (non-hydrogen) atoms. The minimum absolute atomic E-state index is 0.504. The first kappa shape index (κ1) is 17.3. The number of aryl methyl sites for hydroxylation is 1. The van der Waals surface area contributed by atoms with Gasteiger partial charge in [0.15, 0.2) is 11.6 Å². The molecule has 1 N–H and O–H groups in total. The number of hydrogen-bond acceptors (Lipinski definition) is 5. The highest BCUT2D eigenvalue weighted by molar-refractivity contribution is 6.35. The van der Waals surface area contributed by atoms with Gasteiger partial charge in [-0.1, -0.05) is 25.4 Å². The summed E-state index contributed by atoms with van der Waals surface area (Å²) >= 11 is 6.51. The van der Waals surface area contributed by atoms with Crippen LogP contribution in [0.4, 0.5) is 17.3 Å². The molecule has 6 heteroatoms. The summed E-state index contributed by atoms with van der Waals surface area (Å²) < 4.78 is 5.19. The number of aromatic nitrogens is 2. The van der Waals surface area contributed by atoms with Crippen LogP contribution in [0.3, 0.4) is 0 Å². The molecule has 124 valence electrons. The SMILES string of the molecule is COc1ccc(N(C)c2nc(C)nc(NCC(C)C)c2Cl)cc1. The Balaban J connectivity index is 2.33. The summed E-state index contributed by atoms with van der Waals surface area (Å²) in [6.45, 7) is 6.95. The topological polar surface area (TPSA) is 50.3 Å². The zero-order valence-corrected chi connectivity index (χ0v) is 15.0. The summed E-state index contributed by atoms with van der Waals surface area (Å²) in [5.74, 6) is 3.34. The Labute approximate surface area is 142 Å². The molecule has 0 atom stereocenters. The highest BCUT2D eigenvalue weighted by Crippen LogP contribution is 2.33. The van der Waals surface area contributed by atoms with Crippen LogP contribution in [0, 0.1) is 12.8 Å². The van der Waals surface area contributed by atoms with E-state index in [4.69, 9.17) is 16.3 Å². The fourth-order valence-corrected chi connectivity index (χ4v) is 2.39. The number of hydrogen-bond donors (Lipinski definition) is 1. The molecular weight excluding hydrogens is 312 g/mol. The summed E-state index contributed by atoms with van der Waals surface area (Å²) in [5.41, 5.74) is 0.973. The minimum atomic E-state index is 0.504. The van der Waals surface area contributed by atoms with E-state index >= 15 is 0 Å². The first-order valence-corrected chi connectivity index (χ1v) is 7.96. The van der Waals surface area contributed by atoms with E-state index in [-0.39, 0.29) is 0 Å². The van der Waals surface area contributed by atoms with Crippen molar-refractivity contribution < 1.29 is 4.74 Å². The number of nitrogens with one attached hydrogen (secondary N) is 1. The van der Waals surface area contributed by atoms with Crippen molar-refractivity contribution in [3.8, 4) is 5.75 Å². The quantitative estimate of drug-likeness (QED) is 0.854. The number of anilines is 3. The van der Waals surface area contributed by atoms with E-state index in [0.717, 1.165) is 18.0 Å². The van der Waals surface area contributed by atoms with Crippen LogP contribution in [0.1, 0.15) is 19.7 Å². The van der Waals surface area contributed by atoms with Crippen LogP contribution in [0.5, 0.6) is 5.75 Å². The number of rotatable bonds is 6. The highest BCUT2D eigenvalue weighted by atomic mass is 35.5. The Kier molecular flexibility index (Phi) is 5.66. The average molecular weight is 335 g/mol. The first-order chi connectivity index (χ1) is 10.9. The molecule has 0 amide bonds. The number of ether oxygens (including phenoxy) is 1. The maximum Gasteiger partial charge on any atom is 0.157 e. The van der Waals surface area contributed by atoms with Gasteiger partial charge in [0.05, 0.1) is 7.11 Å². The molecular formula is C17H23ClN4O. The van der Waals surface area contributed by atoms with E-state index in [1.54, 1.807) is 7.11 Å². The predicted molar refractivity (Wildman–Crippen MR) is 96.2 cm³/mol. The number of halogens is 1. The van der Waals surface area contributed by atoms with E-state index < -0.39 is 0 Å². The van der Waals surface area contributed by atoms with Crippen molar-refractivity contribution in [3.63, 3.8) is 0 Å². The molecule has 1 aromatic heterocycles. The van der Waals surface area contributed by atoms with Gasteiger partial charge in [0.25, 0.3) is 0 Å². The normalized spacial score (nSPS) is 10.7. The molecule has 0 unspecified atom stereocenters. The molecule has 2 rings (SSSR count). The van der Waals surface area contributed by atoms with E-state index in [2.05, 4.69) is 29.1 Å². The number of methoxy groups -OCH3 is 1. The molecule has 5 nitrogen and oxygen atoms in total. The molecule has 0 bridgehead atoms. The van der Waals surface area contributed by atoms with Crippen LogP contribution in [0.25, 0.3) is 0 Å². The zero-order valence-electron chi connectivity index (χ0n) is 14.2. The third-order valence-electron chi connectivity index (χ3n) is 3.40. The van der Waals surface area contributed by atoms with Crippen LogP contribution in [-0.2, 0) is 0 Å². The molecule has 1 aromatic carbocycles. The van der Waals surface area contributed by atoms with Gasteiger partial charge < -0.3 is 15.0 Å². The second-order valence-electron chi connectivity index (χ2n) is 5.79. The Hall–Kier alpha value is -2.01. The summed E-state index contributed by atoms with van der Waals surface area (Å²) in [5, 5.41) is 3.81. The molecule has 2 aromatic rings. The van der Waals surface area contributed by atoms with E-state index in [0.29, 0.717) is 28.4 Å². The standard InChI is InChI=1S/C17H23ClN4O/c1-11(2)10-19-16-15(18)17(21-12(3)20-16)22(4)13-6-8-14(23-5)9-7-13/h6-9,11H,10H2,1-5H3,(H,19,20,21). The molecule has 0 aliphatic rings. The summed E-state index contributed by atoms with van der Waals surface area (Å²) in [4.78, 5) is 10.8. The van der Waals surface area contributed by atoms with Crippen molar-refractivity contribution >= 4 is 28.9 Å². The molecule has 0 aliphatic carbocycles. The average Bonchev–Trinajstić information content (AvgIpc) is 2.54. The van der Waals surface area contributed by atoms with Crippen molar-refractivity contribution in [2.24, 2.45) is 5.92 Å². The van der Waals surface area contributed by atoms with E-state index in [1.165, 1.54) is 0 Å². The third kappa shape index (κ3) is 4.26. The van der Waals surface area contributed by atoms with Gasteiger partial charge in [-0.05, 0) is 37.1 Å². The van der Waals surface area contributed by atoms with Gasteiger partial charge in [0.2, 0.25) is 0 Å². The van der Waals surface area contributed by atoms with Gasteiger partial charge in [-0.25, -0.2) is 9.97 Å². The van der Waals surface area contributed by atoms with Crippen molar-refractivity contribution in [1.82, 2.24) is 9.97 Å². The van der Waals surface area contributed by atoms with Crippen LogP contribution in [0.15, 0.2) is 24.3 Å². The Bertz CT molecular complexity index is 658. The zero-order chi connectivity index (χ0) is 17.0. The van der Waals surface area contributed by atoms with Gasteiger partial charge in [-0.3, -0.25) is 0 Å². The lowest BCUT2D eigenvalue weighted by Gasteiger charge is -2.22. The van der Waals surface area contributed by atoms with Crippen LogP contribution >= 0.6 is 11.6 Å². The molecule has 0 spiro atoms. The largest absolute Gasteiger partial charge is 0.497 e. The van der Waals surface area contributed by atoms with Crippen LogP contribution in [0.2, 0.25) is 5.02 Å². The van der Waals surface area contributed by atoms with Crippen molar-refractivity contribution in [2.75, 3.05) is 30.9 Å². The minimum Gasteiger partial charge on any atom is -0.497 e. The van der Waals surface area contributed by atoms with Gasteiger partial charge in [0.1, 0.15) is 16.6 Å². The Morgan fingerprint density at radius 3 is 2.43 bits per heavy atom. The van der Waals surface area contributed by atoms with Gasteiger partial charge in [0, 0.05) is 19.3 Å². The van der Waals surface area contributed by atoms with E-state index in [9.17, 15) is 0 Å². The smallest absolute Gasteiger partial charge is 0.157 e.